The molecule has 11 heteroatoms. The number of nitriles is 2. The van der Waals surface area contributed by atoms with Crippen molar-refractivity contribution in [2.24, 2.45) is 11.8 Å². The van der Waals surface area contributed by atoms with Gasteiger partial charge in [-0.1, -0.05) is 0 Å². The molecule has 3 heterocycles. The van der Waals surface area contributed by atoms with E-state index in [1.165, 1.54) is 6.20 Å². The van der Waals surface area contributed by atoms with Crippen LogP contribution < -0.4 is 10.6 Å². The minimum atomic E-state index is -1.29. The molecule has 11 nitrogen and oxygen atoms in total. The lowest BCUT2D eigenvalue weighted by Crippen LogP contribution is -2.86. The number of rotatable bonds is 6. The van der Waals surface area contributed by atoms with Crippen LogP contribution in [0.4, 0.5) is 5.82 Å². The number of anilines is 1. The summed E-state index contributed by atoms with van der Waals surface area (Å²) in [5.74, 6) is -0.796. The Morgan fingerprint density at radius 3 is 2.31 bits per heavy atom. The second kappa shape index (κ2) is 9.35. The smallest absolute Gasteiger partial charge is 0.331 e. The average molecular weight is 531 g/mol. The second-order valence-electron chi connectivity index (χ2n) is 11.6. The molecule has 202 valence electrons. The number of likely N-dealkylation sites (tertiary alicyclic amines) is 1. The van der Waals surface area contributed by atoms with Crippen molar-refractivity contribution in [3.63, 3.8) is 0 Å². The summed E-state index contributed by atoms with van der Waals surface area (Å²) >= 11 is 0. The predicted octanol–water partition coefficient (Wildman–Crippen LogP) is 1.57. The van der Waals surface area contributed by atoms with E-state index in [-0.39, 0.29) is 36.9 Å². The van der Waals surface area contributed by atoms with Gasteiger partial charge >= 0.3 is 11.9 Å². The zero-order valence-corrected chi connectivity index (χ0v) is 21.5. The fourth-order valence-corrected chi connectivity index (χ4v) is 8.03. The van der Waals surface area contributed by atoms with Crippen molar-refractivity contribution in [3.05, 3.63) is 36.0 Å². The van der Waals surface area contributed by atoms with Crippen LogP contribution in [0.1, 0.15) is 50.5 Å². The first kappa shape index (κ1) is 25.3. The maximum atomic E-state index is 13.8. The van der Waals surface area contributed by atoms with Gasteiger partial charge in [0.1, 0.15) is 28.6 Å². The molecular formula is C28H30N6O5. The normalized spacial score (nSPS) is 37.3. The van der Waals surface area contributed by atoms with Crippen LogP contribution in [0.5, 0.6) is 0 Å². The number of nitrogens with one attached hydrogen (secondary N) is 2. The molecule has 39 heavy (non-hydrogen) atoms. The number of aromatic nitrogens is 1. The second-order valence-corrected chi connectivity index (χ2v) is 11.6. The molecule has 2 spiro atoms. The maximum absolute atomic E-state index is 13.8. The third-order valence-corrected chi connectivity index (χ3v) is 9.28. The Hall–Kier alpha value is -3.96. The van der Waals surface area contributed by atoms with Gasteiger partial charge in [0.2, 0.25) is 5.91 Å². The number of ether oxygens (including phenoxy) is 2. The summed E-state index contributed by atoms with van der Waals surface area (Å²) in [5.41, 5.74) is -3.11. The molecule has 4 bridgehead atoms. The first-order valence-electron chi connectivity index (χ1n) is 13.5. The van der Waals surface area contributed by atoms with E-state index in [9.17, 15) is 19.6 Å². The summed E-state index contributed by atoms with van der Waals surface area (Å²) in [4.78, 5) is 45.9. The predicted molar refractivity (Wildman–Crippen MR) is 135 cm³/mol. The molecule has 6 aliphatic rings. The summed E-state index contributed by atoms with van der Waals surface area (Å²) in [5, 5.41) is 25.2. The Morgan fingerprint density at radius 1 is 1.08 bits per heavy atom. The van der Waals surface area contributed by atoms with Crippen molar-refractivity contribution in [1.29, 1.82) is 10.5 Å². The van der Waals surface area contributed by atoms with Gasteiger partial charge in [0, 0.05) is 31.4 Å². The van der Waals surface area contributed by atoms with Crippen LogP contribution in [0, 0.1) is 34.5 Å². The van der Waals surface area contributed by atoms with Crippen LogP contribution in [-0.4, -0.2) is 70.1 Å². The van der Waals surface area contributed by atoms with Gasteiger partial charge in [0.25, 0.3) is 0 Å². The van der Waals surface area contributed by atoms with Gasteiger partial charge in [-0.25, -0.2) is 14.6 Å². The maximum Gasteiger partial charge on any atom is 0.331 e. The number of carbonyl (C=O) groups is 3. The number of esters is 2. The largest absolute Gasteiger partial charge is 0.453 e. The molecule has 1 aromatic rings. The average Bonchev–Trinajstić information content (AvgIpc) is 3.35. The van der Waals surface area contributed by atoms with Gasteiger partial charge in [-0.05, 0) is 68.9 Å². The summed E-state index contributed by atoms with van der Waals surface area (Å²) in [6.07, 6.45) is 8.29. The molecule has 1 saturated heterocycles. The number of hydrogen-bond donors (Lipinski definition) is 2. The molecule has 2 N–H and O–H groups in total. The lowest BCUT2D eigenvalue weighted by Gasteiger charge is -2.69. The van der Waals surface area contributed by atoms with Gasteiger partial charge in [0.15, 0.2) is 0 Å². The molecule has 4 saturated carbocycles. The van der Waals surface area contributed by atoms with Gasteiger partial charge in [-0.15, -0.1) is 0 Å². The Bertz CT molecular complexity index is 1260. The summed E-state index contributed by atoms with van der Waals surface area (Å²) < 4.78 is 12.5. The van der Waals surface area contributed by atoms with Crippen LogP contribution in [0.2, 0.25) is 0 Å². The third kappa shape index (κ3) is 4.12. The molecule has 0 unspecified atom stereocenters. The van der Waals surface area contributed by atoms with Gasteiger partial charge in [-0.2, -0.15) is 10.5 Å². The molecule has 1 aromatic heterocycles. The van der Waals surface area contributed by atoms with Gasteiger partial charge in [-0.3, -0.25) is 9.69 Å². The molecule has 7 rings (SSSR count). The monoisotopic (exact) mass is 530 g/mol. The Kier molecular flexibility index (Phi) is 6.07. The SMILES string of the molecule is N#Cc1ccc(NCC2(NC(=O)CN3CCC[C@H]3C#N)C34CC5CC(C3)CC2(C5)OC(=O)/C=C/C(=O)O4)nc1. The zero-order valence-electron chi connectivity index (χ0n) is 21.5. The zero-order chi connectivity index (χ0) is 27.3. The first-order valence-corrected chi connectivity index (χ1v) is 13.5. The van der Waals surface area contributed by atoms with E-state index in [0.29, 0.717) is 50.0 Å². The van der Waals surface area contributed by atoms with Crippen molar-refractivity contribution in [1.82, 2.24) is 15.2 Å². The fourth-order valence-electron chi connectivity index (χ4n) is 8.03. The molecule has 5 fully saturated rings. The van der Waals surface area contributed by atoms with Crippen molar-refractivity contribution in [2.45, 2.75) is 67.7 Å². The number of pyridine rings is 1. The summed E-state index contributed by atoms with van der Waals surface area (Å²) in [6, 6.07) is 7.28. The van der Waals surface area contributed by atoms with E-state index >= 15 is 0 Å². The van der Waals surface area contributed by atoms with Gasteiger partial charge in [0.05, 0.1) is 24.2 Å². The van der Waals surface area contributed by atoms with E-state index in [1.54, 1.807) is 12.1 Å². The Morgan fingerprint density at radius 2 is 1.74 bits per heavy atom. The fraction of sp³-hybridized carbons (Fsp3) is 0.571. The van der Waals surface area contributed by atoms with E-state index in [1.807, 2.05) is 11.0 Å². The highest BCUT2D eigenvalue weighted by Gasteiger charge is 2.76. The molecule has 0 aromatic carbocycles. The molecule has 1 amide bonds. The van der Waals surface area contributed by atoms with E-state index < -0.39 is 28.7 Å². The minimum Gasteiger partial charge on any atom is -0.453 e. The van der Waals surface area contributed by atoms with Gasteiger partial charge < -0.3 is 20.1 Å². The first-order chi connectivity index (χ1) is 18.8. The van der Waals surface area contributed by atoms with Crippen LogP contribution in [-0.2, 0) is 23.9 Å². The lowest BCUT2D eigenvalue weighted by atomic mass is 9.44. The topological polar surface area (TPSA) is 157 Å². The van der Waals surface area contributed by atoms with Crippen molar-refractivity contribution in [2.75, 3.05) is 25.0 Å². The van der Waals surface area contributed by atoms with E-state index in [2.05, 4.69) is 21.7 Å². The van der Waals surface area contributed by atoms with Crippen LogP contribution in [0.3, 0.4) is 0 Å². The van der Waals surface area contributed by atoms with Crippen LogP contribution in [0.25, 0.3) is 0 Å². The van der Waals surface area contributed by atoms with Crippen molar-refractivity contribution in [3.8, 4) is 12.1 Å². The van der Waals surface area contributed by atoms with Crippen LogP contribution >= 0.6 is 0 Å². The molecule has 1 atom stereocenters. The summed E-state index contributed by atoms with van der Waals surface area (Å²) in [6.45, 7) is 0.730. The minimum absolute atomic E-state index is 0.00819. The highest BCUT2D eigenvalue weighted by molar-refractivity contribution is 5.93. The molecule has 4 aliphatic carbocycles. The van der Waals surface area contributed by atoms with Crippen molar-refractivity contribution < 1.29 is 23.9 Å². The Balaban J connectivity index is 1.42. The number of hydrogen-bond acceptors (Lipinski definition) is 10. The molecular weight excluding hydrogens is 500 g/mol. The molecule has 0 radical (unpaired) electrons. The third-order valence-electron chi connectivity index (χ3n) is 9.28. The number of carbonyl (C=O) groups excluding carboxylic acids is 3. The van der Waals surface area contributed by atoms with Crippen molar-refractivity contribution >= 4 is 23.7 Å². The van der Waals surface area contributed by atoms with Crippen LogP contribution in [0.15, 0.2) is 30.5 Å². The molecule has 2 aliphatic heterocycles. The highest BCUT2D eigenvalue weighted by atomic mass is 16.6. The number of amides is 1. The summed E-state index contributed by atoms with van der Waals surface area (Å²) in [7, 11) is 0. The highest BCUT2D eigenvalue weighted by Crippen LogP contribution is 2.65. The standard InChI is InChI=1S/C28H30N6O5/c29-13-18-3-4-22(31-15-18)32-17-28(33-23(35)16-34-7-1-2-21(34)14-30)26-9-19-8-20(10-26)12-27(28,11-19)39-25(37)6-5-24(36)38-26/h3-6,15,19-21H,1-2,7-12,16-17H2,(H,31,32)(H,33,35)/b6-5+/t19?,20?,21-,26?,27?,28?/m0/s1. The lowest BCUT2D eigenvalue weighted by molar-refractivity contribution is -0.273. The van der Waals surface area contributed by atoms with E-state index in [4.69, 9.17) is 14.7 Å². The van der Waals surface area contributed by atoms with E-state index in [0.717, 1.165) is 25.0 Å². The Labute approximate surface area is 226 Å². The quantitative estimate of drug-likeness (QED) is 0.517. The number of nitrogens with zero attached hydrogens (tertiary/aromatic N) is 4.